The zero-order valence-corrected chi connectivity index (χ0v) is 17.8. The summed E-state index contributed by atoms with van der Waals surface area (Å²) >= 11 is 12.3. The molecule has 0 spiro atoms. The largest absolute Gasteiger partial charge is 0.454 e. The number of rotatable bonds is 4. The van der Waals surface area contributed by atoms with E-state index < -0.39 is 23.6 Å². The topological polar surface area (TPSA) is 65.0 Å². The number of benzene rings is 3. The standard InChI is InChI=1S/C24H18Cl2O5/c25-18-8-7-16(12-19(18)26)24(28)17(10-14-4-2-1-3-5-14)22(23(27)31-24)15-6-9-20-21(11-15)30-13-29-20/h1-9,11-12,17,22,28H,10,13H2/t17?,22?,24-/m0/s1. The molecule has 1 N–H and O–H groups in total. The molecule has 2 aliphatic heterocycles. The molecule has 5 nitrogen and oxygen atoms in total. The van der Waals surface area contributed by atoms with Crippen molar-refractivity contribution in [2.24, 2.45) is 5.92 Å². The maximum Gasteiger partial charge on any atom is 0.316 e. The summed E-state index contributed by atoms with van der Waals surface area (Å²) < 4.78 is 16.5. The summed E-state index contributed by atoms with van der Waals surface area (Å²) in [6.45, 7) is 0.133. The minimum absolute atomic E-state index is 0.133. The van der Waals surface area contributed by atoms with Crippen LogP contribution < -0.4 is 9.47 Å². The molecule has 0 aliphatic carbocycles. The van der Waals surface area contributed by atoms with Crippen molar-refractivity contribution in [1.29, 1.82) is 0 Å². The number of hydrogen-bond acceptors (Lipinski definition) is 5. The fraction of sp³-hybridized carbons (Fsp3) is 0.208. The SMILES string of the molecule is O=C1O[C@@](O)(c2ccc(Cl)c(Cl)c2)C(Cc2ccccc2)C1c1ccc2c(c1)OCO2. The molecule has 2 aliphatic rings. The smallest absolute Gasteiger partial charge is 0.316 e. The lowest BCUT2D eigenvalue weighted by molar-refractivity contribution is -0.208. The van der Waals surface area contributed by atoms with Gasteiger partial charge in [0.2, 0.25) is 12.6 Å². The van der Waals surface area contributed by atoms with Crippen LogP contribution in [0, 0.1) is 5.92 Å². The van der Waals surface area contributed by atoms with Crippen LogP contribution in [0.2, 0.25) is 10.0 Å². The molecule has 2 unspecified atom stereocenters. The fourth-order valence-corrected chi connectivity index (χ4v) is 4.57. The van der Waals surface area contributed by atoms with E-state index in [0.717, 1.165) is 5.56 Å². The van der Waals surface area contributed by atoms with Gasteiger partial charge >= 0.3 is 5.97 Å². The van der Waals surface area contributed by atoms with Crippen LogP contribution in [0.4, 0.5) is 0 Å². The van der Waals surface area contributed by atoms with Gasteiger partial charge in [-0.15, -0.1) is 0 Å². The molecule has 3 aromatic carbocycles. The monoisotopic (exact) mass is 456 g/mol. The van der Waals surface area contributed by atoms with E-state index in [-0.39, 0.29) is 11.8 Å². The summed E-state index contributed by atoms with van der Waals surface area (Å²) in [5.41, 5.74) is 2.03. The molecule has 0 saturated carbocycles. The van der Waals surface area contributed by atoms with Crippen LogP contribution in [-0.2, 0) is 21.7 Å². The number of esters is 1. The second-order valence-electron chi connectivity index (χ2n) is 7.63. The molecule has 0 amide bonds. The first-order valence-electron chi connectivity index (χ1n) is 9.80. The maximum absolute atomic E-state index is 13.1. The first-order chi connectivity index (χ1) is 15.0. The summed E-state index contributed by atoms with van der Waals surface area (Å²) in [5.74, 6) is -2.53. The molecular weight excluding hydrogens is 439 g/mol. The van der Waals surface area contributed by atoms with Gasteiger partial charge in [-0.25, -0.2) is 0 Å². The van der Waals surface area contributed by atoms with E-state index in [0.29, 0.717) is 34.1 Å². The number of carbonyl (C=O) groups excluding carboxylic acids is 1. The van der Waals surface area contributed by atoms with Crippen molar-refractivity contribution in [3.63, 3.8) is 0 Å². The lowest BCUT2D eigenvalue weighted by Gasteiger charge is -2.30. The molecule has 0 bridgehead atoms. The predicted octanol–water partition coefficient (Wildman–Crippen LogP) is 5.07. The van der Waals surface area contributed by atoms with Gasteiger partial charge in [0.1, 0.15) is 0 Å². The number of hydrogen-bond donors (Lipinski definition) is 1. The van der Waals surface area contributed by atoms with E-state index in [1.54, 1.807) is 30.3 Å². The van der Waals surface area contributed by atoms with Gasteiger partial charge in [0.05, 0.1) is 21.9 Å². The van der Waals surface area contributed by atoms with Gasteiger partial charge in [-0.3, -0.25) is 4.79 Å². The molecule has 5 rings (SSSR count). The molecular formula is C24H18Cl2O5. The van der Waals surface area contributed by atoms with E-state index in [1.807, 2.05) is 30.3 Å². The maximum atomic E-state index is 13.1. The van der Waals surface area contributed by atoms with Crippen LogP contribution in [0.3, 0.4) is 0 Å². The normalized spacial score (nSPS) is 24.3. The minimum atomic E-state index is -1.87. The summed E-state index contributed by atoms with van der Waals surface area (Å²) in [5, 5.41) is 12.3. The first kappa shape index (κ1) is 20.2. The zero-order valence-electron chi connectivity index (χ0n) is 16.3. The lowest BCUT2D eigenvalue weighted by atomic mass is 9.77. The quantitative estimate of drug-likeness (QED) is 0.555. The molecule has 3 atom stereocenters. The summed E-state index contributed by atoms with van der Waals surface area (Å²) in [7, 11) is 0. The highest BCUT2D eigenvalue weighted by Gasteiger charge is 2.56. The number of cyclic esters (lactones) is 1. The van der Waals surface area contributed by atoms with Crippen molar-refractivity contribution < 1.29 is 24.1 Å². The Kier molecular flexibility index (Phi) is 5.05. The highest BCUT2D eigenvalue weighted by molar-refractivity contribution is 6.42. The van der Waals surface area contributed by atoms with Crippen molar-refractivity contribution in [3.8, 4) is 11.5 Å². The molecule has 7 heteroatoms. The van der Waals surface area contributed by atoms with Crippen molar-refractivity contribution in [2.45, 2.75) is 18.1 Å². The number of aliphatic hydroxyl groups is 1. The first-order valence-corrected chi connectivity index (χ1v) is 10.6. The van der Waals surface area contributed by atoms with Crippen LogP contribution >= 0.6 is 23.2 Å². The number of ether oxygens (including phenoxy) is 3. The average molecular weight is 457 g/mol. The third-order valence-corrected chi connectivity index (χ3v) is 6.54. The second-order valence-corrected chi connectivity index (χ2v) is 8.45. The second kappa shape index (κ2) is 7.75. The van der Waals surface area contributed by atoms with Crippen molar-refractivity contribution >= 4 is 29.2 Å². The summed E-state index contributed by atoms with van der Waals surface area (Å²) in [6, 6.07) is 19.7. The Morgan fingerprint density at radius 2 is 1.71 bits per heavy atom. The van der Waals surface area contributed by atoms with Gasteiger partial charge in [0, 0.05) is 5.56 Å². The molecule has 0 radical (unpaired) electrons. The average Bonchev–Trinajstić information content (AvgIpc) is 3.33. The third kappa shape index (κ3) is 3.53. The van der Waals surface area contributed by atoms with Crippen LogP contribution in [0.25, 0.3) is 0 Å². The molecule has 1 fully saturated rings. The lowest BCUT2D eigenvalue weighted by Crippen LogP contribution is -2.35. The van der Waals surface area contributed by atoms with Gasteiger partial charge in [0.25, 0.3) is 0 Å². The van der Waals surface area contributed by atoms with Crippen molar-refractivity contribution in [3.05, 3.63) is 93.5 Å². The number of carbonyl (C=O) groups is 1. The van der Waals surface area contributed by atoms with Gasteiger partial charge in [0.15, 0.2) is 11.5 Å². The Morgan fingerprint density at radius 3 is 2.48 bits per heavy atom. The van der Waals surface area contributed by atoms with E-state index in [9.17, 15) is 9.90 Å². The van der Waals surface area contributed by atoms with Gasteiger partial charge in [-0.2, -0.15) is 0 Å². The Morgan fingerprint density at radius 1 is 0.935 bits per heavy atom. The number of halogens is 2. The van der Waals surface area contributed by atoms with E-state index in [2.05, 4.69) is 0 Å². The highest BCUT2D eigenvalue weighted by Crippen LogP contribution is 2.50. The van der Waals surface area contributed by atoms with Crippen LogP contribution in [-0.4, -0.2) is 17.9 Å². The Labute approximate surface area is 189 Å². The molecule has 0 aromatic heterocycles. The molecule has 158 valence electrons. The van der Waals surface area contributed by atoms with Crippen LogP contribution in [0.15, 0.2) is 66.7 Å². The molecule has 3 aromatic rings. The van der Waals surface area contributed by atoms with E-state index in [1.165, 1.54) is 6.07 Å². The van der Waals surface area contributed by atoms with Gasteiger partial charge in [-0.1, -0.05) is 65.7 Å². The molecule has 2 heterocycles. The molecule has 31 heavy (non-hydrogen) atoms. The minimum Gasteiger partial charge on any atom is -0.454 e. The summed E-state index contributed by atoms with van der Waals surface area (Å²) in [4.78, 5) is 13.1. The molecule has 1 saturated heterocycles. The summed E-state index contributed by atoms with van der Waals surface area (Å²) in [6.07, 6.45) is 0.405. The van der Waals surface area contributed by atoms with Crippen LogP contribution in [0.1, 0.15) is 22.6 Å². The third-order valence-electron chi connectivity index (χ3n) is 5.80. The van der Waals surface area contributed by atoms with Crippen molar-refractivity contribution in [2.75, 3.05) is 6.79 Å². The van der Waals surface area contributed by atoms with Crippen molar-refractivity contribution in [1.82, 2.24) is 0 Å². The van der Waals surface area contributed by atoms with E-state index >= 15 is 0 Å². The van der Waals surface area contributed by atoms with Crippen LogP contribution in [0.5, 0.6) is 11.5 Å². The Balaban J connectivity index is 1.61. The number of fused-ring (bicyclic) bond motifs is 1. The van der Waals surface area contributed by atoms with Gasteiger partial charge in [-0.05, 0) is 41.8 Å². The highest BCUT2D eigenvalue weighted by atomic mass is 35.5. The van der Waals surface area contributed by atoms with E-state index in [4.69, 9.17) is 37.4 Å². The fourth-order valence-electron chi connectivity index (χ4n) is 4.27. The zero-order chi connectivity index (χ0) is 21.6. The predicted molar refractivity (Wildman–Crippen MR) is 115 cm³/mol. The Bertz CT molecular complexity index is 1150. The Hall–Kier alpha value is -2.73. The van der Waals surface area contributed by atoms with Gasteiger partial charge < -0.3 is 19.3 Å².